The van der Waals surface area contributed by atoms with Crippen molar-refractivity contribution in [3.05, 3.63) is 48.2 Å². The molecule has 0 atom stereocenters. The summed E-state index contributed by atoms with van der Waals surface area (Å²) in [5.74, 6) is -0.199. The number of carboxylic acids is 1. The van der Waals surface area contributed by atoms with Crippen LogP contribution in [0.4, 0.5) is 0 Å². The molecule has 0 aliphatic heterocycles. The smallest absolute Gasteiger partial charge is 0.303 e. The first-order valence-electron chi connectivity index (χ1n) is 6.28. The lowest BCUT2D eigenvalue weighted by molar-refractivity contribution is -0.136. The second kappa shape index (κ2) is 5.16. The third-order valence-electron chi connectivity index (χ3n) is 3.20. The Morgan fingerprint density at radius 3 is 2.95 bits per heavy atom. The van der Waals surface area contributed by atoms with Gasteiger partial charge in [0.05, 0.1) is 6.54 Å². The van der Waals surface area contributed by atoms with Crippen molar-refractivity contribution < 1.29 is 14.4 Å². The van der Waals surface area contributed by atoms with E-state index >= 15 is 0 Å². The van der Waals surface area contributed by atoms with Crippen LogP contribution in [-0.4, -0.2) is 25.8 Å². The minimum Gasteiger partial charge on any atom is -0.481 e. The van der Waals surface area contributed by atoms with Crippen LogP contribution in [0.3, 0.4) is 0 Å². The zero-order valence-corrected chi connectivity index (χ0v) is 10.7. The second-order valence-electron chi connectivity index (χ2n) is 4.54. The molecule has 2 aromatic heterocycles. The number of nitrogens with zero attached hydrogens (tertiary/aromatic N) is 3. The molecule has 6 nitrogen and oxygen atoms in total. The lowest BCUT2D eigenvalue weighted by atomic mass is 10.1. The number of fused-ring (bicyclic) bond motifs is 1. The van der Waals surface area contributed by atoms with E-state index in [0.29, 0.717) is 18.8 Å². The number of hydrogen-bond donors (Lipinski definition) is 1. The summed E-state index contributed by atoms with van der Waals surface area (Å²) in [6.07, 6.45) is 3.89. The standard InChI is InChI=1S/C14H13N3O3/c18-14(19)6-5-10-7-17(8-13-15-9-20-16-13)12-4-2-1-3-11(10)12/h1-4,7,9H,5-6,8H2,(H,18,19). The highest BCUT2D eigenvalue weighted by Gasteiger charge is 2.11. The quantitative estimate of drug-likeness (QED) is 0.768. The van der Waals surface area contributed by atoms with Crippen molar-refractivity contribution in [3.8, 4) is 0 Å². The van der Waals surface area contributed by atoms with E-state index in [2.05, 4.69) is 10.1 Å². The van der Waals surface area contributed by atoms with Gasteiger partial charge in [-0.2, -0.15) is 4.98 Å². The molecule has 102 valence electrons. The molecule has 0 radical (unpaired) electrons. The summed E-state index contributed by atoms with van der Waals surface area (Å²) in [4.78, 5) is 14.7. The molecule has 0 bridgehead atoms. The van der Waals surface area contributed by atoms with E-state index in [1.807, 2.05) is 35.0 Å². The number of hydrogen-bond acceptors (Lipinski definition) is 4. The van der Waals surface area contributed by atoms with E-state index in [1.165, 1.54) is 6.39 Å². The minimum atomic E-state index is -0.792. The van der Waals surface area contributed by atoms with Crippen LogP contribution in [0.15, 0.2) is 41.4 Å². The third-order valence-corrected chi connectivity index (χ3v) is 3.20. The molecular formula is C14H13N3O3. The Morgan fingerprint density at radius 2 is 2.20 bits per heavy atom. The fourth-order valence-corrected chi connectivity index (χ4v) is 2.31. The Labute approximate surface area is 114 Å². The molecule has 6 heteroatoms. The molecule has 1 N–H and O–H groups in total. The van der Waals surface area contributed by atoms with Gasteiger partial charge in [0.2, 0.25) is 6.39 Å². The van der Waals surface area contributed by atoms with Gasteiger partial charge in [-0.1, -0.05) is 23.4 Å². The molecule has 0 saturated carbocycles. The Bertz CT molecular complexity index is 731. The zero-order chi connectivity index (χ0) is 13.9. The van der Waals surface area contributed by atoms with Gasteiger partial charge in [-0.05, 0) is 18.1 Å². The number of aryl methyl sites for hydroxylation is 1. The van der Waals surface area contributed by atoms with Gasteiger partial charge in [0.15, 0.2) is 5.82 Å². The highest BCUT2D eigenvalue weighted by atomic mass is 16.5. The first-order chi connectivity index (χ1) is 9.74. The number of carbonyl (C=O) groups is 1. The van der Waals surface area contributed by atoms with Crippen molar-refractivity contribution in [3.63, 3.8) is 0 Å². The number of benzene rings is 1. The molecule has 0 saturated heterocycles. The maximum atomic E-state index is 10.7. The summed E-state index contributed by atoms with van der Waals surface area (Å²) in [7, 11) is 0. The molecule has 0 fully saturated rings. The van der Waals surface area contributed by atoms with Gasteiger partial charge in [-0.25, -0.2) is 0 Å². The number of carboxylic acid groups (broad SMARTS) is 1. The van der Waals surface area contributed by atoms with Gasteiger partial charge in [-0.15, -0.1) is 0 Å². The Balaban J connectivity index is 1.97. The number of aliphatic carboxylic acids is 1. The Hall–Kier alpha value is -2.63. The van der Waals surface area contributed by atoms with Crippen molar-refractivity contribution in [2.45, 2.75) is 19.4 Å². The Morgan fingerprint density at radius 1 is 1.35 bits per heavy atom. The summed E-state index contributed by atoms with van der Waals surface area (Å²) in [6, 6.07) is 7.90. The van der Waals surface area contributed by atoms with Crippen molar-refractivity contribution in [1.29, 1.82) is 0 Å². The summed E-state index contributed by atoms with van der Waals surface area (Å²) >= 11 is 0. The van der Waals surface area contributed by atoms with Gasteiger partial charge in [-0.3, -0.25) is 4.79 Å². The van der Waals surface area contributed by atoms with Gasteiger partial charge >= 0.3 is 5.97 Å². The predicted octanol–water partition coefficient (Wildman–Crippen LogP) is 2.09. The summed E-state index contributed by atoms with van der Waals surface area (Å²) in [5.41, 5.74) is 2.06. The molecule has 20 heavy (non-hydrogen) atoms. The SMILES string of the molecule is O=C(O)CCc1cn(Cc2ncon2)c2ccccc12. The number of aromatic nitrogens is 3. The molecule has 0 aliphatic rings. The van der Waals surface area contributed by atoms with Crippen LogP contribution in [0.5, 0.6) is 0 Å². The van der Waals surface area contributed by atoms with Crippen LogP contribution in [0.1, 0.15) is 17.8 Å². The lowest BCUT2D eigenvalue weighted by Gasteiger charge is -2.00. The largest absolute Gasteiger partial charge is 0.481 e. The van der Waals surface area contributed by atoms with Crippen LogP contribution >= 0.6 is 0 Å². The van der Waals surface area contributed by atoms with Gasteiger partial charge in [0.25, 0.3) is 0 Å². The first-order valence-corrected chi connectivity index (χ1v) is 6.28. The average molecular weight is 271 g/mol. The fourth-order valence-electron chi connectivity index (χ4n) is 2.31. The molecule has 2 heterocycles. The van der Waals surface area contributed by atoms with Crippen molar-refractivity contribution in [2.24, 2.45) is 0 Å². The number of rotatable bonds is 5. The van der Waals surface area contributed by atoms with E-state index in [9.17, 15) is 4.79 Å². The highest BCUT2D eigenvalue weighted by Crippen LogP contribution is 2.23. The predicted molar refractivity (Wildman–Crippen MR) is 71.3 cm³/mol. The minimum absolute atomic E-state index is 0.121. The molecule has 0 amide bonds. The van der Waals surface area contributed by atoms with Crippen LogP contribution in [-0.2, 0) is 17.8 Å². The maximum Gasteiger partial charge on any atom is 0.303 e. The molecule has 1 aromatic carbocycles. The van der Waals surface area contributed by atoms with Gasteiger partial charge in [0, 0.05) is 23.5 Å². The summed E-state index contributed by atoms with van der Waals surface area (Å²) in [6.45, 7) is 0.504. The van der Waals surface area contributed by atoms with E-state index < -0.39 is 5.97 Å². The summed E-state index contributed by atoms with van der Waals surface area (Å²) < 4.78 is 6.74. The molecule has 0 spiro atoms. The van der Waals surface area contributed by atoms with Crippen LogP contribution in [0.25, 0.3) is 10.9 Å². The molecule has 0 unspecified atom stereocenters. The van der Waals surface area contributed by atoms with Crippen molar-refractivity contribution >= 4 is 16.9 Å². The molecule has 3 rings (SSSR count). The second-order valence-corrected chi connectivity index (χ2v) is 4.54. The first kappa shape index (κ1) is 12.4. The number of para-hydroxylation sites is 1. The van der Waals surface area contributed by atoms with Gasteiger partial charge < -0.3 is 14.2 Å². The third kappa shape index (κ3) is 2.40. The normalized spacial score (nSPS) is 11.0. The van der Waals surface area contributed by atoms with Crippen molar-refractivity contribution in [2.75, 3.05) is 0 Å². The van der Waals surface area contributed by atoms with E-state index in [1.54, 1.807) is 0 Å². The van der Waals surface area contributed by atoms with E-state index in [0.717, 1.165) is 16.5 Å². The van der Waals surface area contributed by atoms with Crippen LogP contribution in [0.2, 0.25) is 0 Å². The monoisotopic (exact) mass is 271 g/mol. The average Bonchev–Trinajstić information content (AvgIpc) is 3.06. The molecule has 0 aliphatic carbocycles. The van der Waals surface area contributed by atoms with Gasteiger partial charge in [0.1, 0.15) is 0 Å². The fraction of sp³-hybridized carbons (Fsp3) is 0.214. The van der Waals surface area contributed by atoms with Crippen LogP contribution < -0.4 is 0 Å². The maximum absolute atomic E-state index is 10.7. The summed E-state index contributed by atoms with van der Waals surface area (Å²) in [5, 5.41) is 13.7. The van der Waals surface area contributed by atoms with E-state index in [4.69, 9.17) is 9.63 Å². The molecule has 3 aromatic rings. The van der Waals surface area contributed by atoms with Crippen molar-refractivity contribution in [1.82, 2.24) is 14.7 Å². The van der Waals surface area contributed by atoms with E-state index in [-0.39, 0.29) is 6.42 Å². The highest BCUT2D eigenvalue weighted by molar-refractivity contribution is 5.84. The molecular weight excluding hydrogens is 258 g/mol. The Kier molecular flexibility index (Phi) is 3.20. The topological polar surface area (TPSA) is 81.1 Å². The van der Waals surface area contributed by atoms with Crippen LogP contribution in [0, 0.1) is 0 Å². The lowest BCUT2D eigenvalue weighted by Crippen LogP contribution is -2.00. The zero-order valence-electron chi connectivity index (χ0n) is 10.7.